The minimum absolute atomic E-state index is 0.854. The molecule has 2 aromatic carbocycles. The second-order valence-electron chi connectivity index (χ2n) is 7.35. The van der Waals surface area contributed by atoms with Crippen molar-refractivity contribution in [3.63, 3.8) is 0 Å². The Hall–Kier alpha value is -3.28. The van der Waals surface area contributed by atoms with E-state index in [1.54, 1.807) is 22.7 Å². The topological polar surface area (TPSA) is 29.6 Å². The van der Waals surface area contributed by atoms with E-state index in [-0.39, 0.29) is 0 Å². The Morgan fingerprint density at radius 3 is 1.90 bits per heavy atom. The summed E-state index contributed by atoms with van der Waals surface area (Å²) in [4.78, 5) is 2.51. The van der Waals surface area contributed by atoms with Gasteiger partial charge in [0.25, 0.3) is 0 Å². The number of thiophene rings is 2. The predicted molar refractivity (Wildman–Crippen MR) is 132 cm³/mol. The van der Waals surface area contributed by atoms with Crippen LogP contribution in [0.3, 0.4) is 0 Å². The van der Waals surface area contributed by atoms with E-state index in [1.165, 1.54) is 21.1 Å². The van der Waals surface area contributed by atoms with Crippen LogP contribution in [0.5, 0.6) is 0 Å². The van der Waals surface area contributed by atoms with Gasteiger partial charge in [0.05, 0.1) is 32.5 Å². The summed E-state index contributed by atoms with van der Waals surface area (Å²) in [5.74, 6) is 0. The number of aryl methyl sites for hydroxylation is 2. The predicted octanol–water partition coefficient (Wildman–Crippen LogP) is 8.97. The van der Waals surface area contributed by atoms with Crippen molar-refractivity contribution in [1.29, 1.82) is 0 Å². The highest BCUT2D eigenvalue weighted by Gasteiger charge is 2.16. The molecule has 0 radical (unpaired) electrons. The van der Waals surface area contributed by atoms with E-state index < -0.39 is 0 Å². The Balaban J connectivity index is 1.58. The van der Waals surface area contributed by atoms with Crippen LogP contribution in [0.15, 0.2) is 99.9 Å². The van der Waals surface area contributed by atoms with Gasteiger partial charge in [-0.05, 0) is 84.3 Å². The third-order valence-electron chi connectivity index (χ3n) is 5.24. The van der Waals surface area contributed by atoms with E-state index in [9.17, 15) is 0 Å². The summed E-state index contributed by atoms with van der Waals surface area (Å²) in [7, 11) is 0. The molecule has 0 aliphatic rings. The van der Waals surface area contributed by atoms with Gasteiger partial charge in [0.1, 0.15) is 0 Å². The average Bonchev–Trinajstić information content (AvgIpc) is 3.54. The van der Waals surface area contributed by atoms with Gasteiger partial charge < -0.3 is 4.57 Å². The molecule has 5 heteroatoms. The van der Waals surface area contributed by atoms with Crippen molar-refractivity contribution in [2.45, 2.75) is 13.8 Å². The standard InChI is InChI=1S/C26H21N3S2/c1-18-7-3-4-8-21(18)28-27-20-11-12-22(19(2)17-20)29-23(25-9-5-15-30-25)13-14-24(29)26-10-6-16-31-26/h3-17H,1-2H3. The molecule has 31 heavy (non-hydrogen) atoms. The van der Waals surface area contributed by atoms with Crippen molar-refractivity contribution >= 4 is 34.0 Å². The van der Waals surface area contributed by atoms with E-state index in [0.29, 0.717) is 0 Å². The molecule has 0 spiro atoms. The minimum atomic E-state index is 0.854. The van der Waals surface area contributed by atoms with Gasteiger partial charge in [-0.25, -0.2) is 0 Å². The normalized spacial score (nSPS) is 11.4. The maximum atomic E-state index is 4.49. The number of aromatic nitrogens is 1. The second kappa shape index (κ2) is 8.46. The zero-order chi connectivity index (χ0) is 21.2. The second-order valence-corrected chi connectivity index (χ2v) is 9.25. The molecule has 5 aromatic rings. The zero-order valence-corrected chi connectivity index (χ0v) is 19.0. The lowest BCUT2D eigenvalue weighted by Gasteiger charge is -2.15. The van der Waals surface area contributed by atoms with E-state index in [2.05, 4.69) is 81.0 Å². The van der Waals surface area contributed by atoms with Crippen molar-refractivity contribution in [3.8, 4) is 26.8 Å². The molecule has 3 nitrogen and oxygen atoms in total. The molecular weight excluding hydrogens is 418 g/mol. The first-order valence-corrected chi connectivity index (χ1v) is 11.8. The summed E-state index contributed by atoms with van der Waals surface area (Å²) in [5.41, 5.74) is 7.60. The van der Waals surface area contributed by atoms with Gasteiger partial charge in [-0.15, -0.1) is 22.7 Å². The summed E-state index contributed by atoms with van der Waals surface area (Å²) in [6, 6.07) is 27.3. The van der Waals surface area contributed by atoms with Gasteiger partial charge in [0.2, 0.25) is 0 Å². The maximum absolute atomic E-state index is 4.49. The van der Waals surface area contributed by atoms with Gasteiger partial charge in [-0.1, -0.05) is 30.3 Å². The molecule has 0 N–H and O–H groups in total. The van der Waals surface area contributed by atoms with Crippen LogP contribution in [-0.2, 0) is 0 Å². The summed E-state index contributed by atoms with van der Waals surface area (Å²) in [6.45, 7) is 4.19. The molecule has 0 atom stereocenters. The van der Waals surface area contributed by atoms with Gasteiger partial charge in [-0.2, -0.15) is 10.2 Å². The quantitative estimate of drug-likeness (QED) is 0.245. The highest BCUT2D eigenvalue weighted by atomic mass is 32.1. The molecule has 0 saturated carbocycles. The first-order chi connectivity index (χ1) is 15.2. The lowest BCUT2D eigenvalue weighted by Crippen LogP contribution is -2.00. The lowest BCUT2D eigenvalue weighted by molar-refractivity contribution is 1.08. The summed E-state index contributed by atoms with van der Waals surface area (Å²) in [5, 5.41) is 13.2. The van der Waals surface area contributed by atoms with Crippen LogP contribution < -0.4 is 0 Å². The van der Waals surface area contributed by atoms with E-state index in [0.717, 1.165) is 28.2 Å². The molecule has 3 heterocycles. The molecule has 0 aliphatic carbocycles. The summed E-state index contributed by atoms with van der Waals surface area (Å²) >= 11 is 3.52. The number of hydrogen-bond acceptors (Lipinski definition) is 4. The highest BCUT2D eigenvalue weighted by Crippen LogP contribution is 2.37. The number of benzene rings is 2. The van der Waals surface area contributed by atoms with Crippen LogP contribution in [-0.4, -0.2) is 4.57 Å². The van der Waals surface area contributed by atoms with Gasteiger partial charge in [-0.3, -0.25) is 0 Å². The number of rotatable bonds is 5. The SMILES string of the molecule is Cc1ccccc1N=Nc1ccc(-n2c(-c3cccs3)ccc2-c2cccs2)c(C)c1. The van der Waals surface area contributed by atoms with Crippen molar-refractivity contribution < 1.29 is 0 Å². The number of azo groups is 1. The van der Waals surface area contributed by atoms with Crippen molar-refractivity contribution in [2.75, 3.05) is 0 Å². The Kier molecular flexibility index (Phi) is 5.37. The third kappa shape index (κ3) is 3.90. The largest absolute Gasteiger partial charge is 0.307 e. The number of nitrogens with zero attached hydrogens (tertiary/aromatic N) is 3. The van der Waals surface area contributed by atoms with E-state index >= 15 is 0 Å². The van der Waals surface area contributed by atoms with Crippen molar-refractivity contribution in [3.05, 3.63) is 101 Å². The molecule has 0 fully saturated rings. The third-order valence-corrected chi connectivity index (χ3v) is 7.02. The first-order valence-electron chi connectivity index (χ1n) is 10.1. The fourth-order valence-corrected chi connectivity index (χ4v) is 5.15. The van der Waals surface area contributed by atoms with Crippen LogP contribution >= 0.6 is 22.7 Å². The van der Waals surface area contributed by atoms with Gasteiger partial charge in [0, 0.05) is 5.69 Å². The van der Waals surface area contributed by atoms with Crippen molar-refractivity contribution in [2.24, 2.45) is 10.2 Å². The average molecular weight is 440 g/mol. The van der Waals surface area contributed by atoms with Crippen LogP contribution in [0.4, 0.5) is 11.4 Å². The van der Waals surface area contributed by atoms with Crippen LogP contribution in [0.2, 0.25) is 0 Å². The molecular formula is C26H21N3S2. The minimum Gasteiger partial charge on any atom is -0.307 e. The fraction of sp³-hybridized carbons (Fsp3) is 0.0769. The van der Waals surface area contributed by atoms with Crippen LogP contribution in [0, 0.1) is 13.8 Å². The van der Waals surface area contributed by atoms with Gasteiger partial charge in [0.15, 0.2) is 0 Å². The fourth-order valence-electron chi connectivity index (χ4n) is 3.67. The molecule has 0 unspecified atom stereocenters. The molecule has 5 rings (SSSR count). The highest BCUT2D eigenvalue weighted by molar-refractivity contribution is 7.14. The Morgan fingerprint density at radius 2 is 1.32 bits per heavy atom. The van der Waals surface area contributed by atoms with Gasteiger partial charge >= 0.3 is 0 Å². The van der Waals surface area contributed by atoms with Crippen LogP contribution in [0.1, 0.15) is 11.1 Å². The van der Waals surface area contributed by atoms with E-state index in [4.69, 9.17) is 0 Å². The van der Waals surface area contributed by atoms with Crippen LogP contribution in [0.25, 0.3) is 26.8 Å². The summed E-state index contributed by atoms with van der Waals surface area (Å²) < 4.78 is 2.36. The molecule has 0 aliphatic heterocycles. The zero-order valence-electron chi connectivity index (χ0n) is 17.3. The molecule has 0 saturated heterocycles. The molecule has 0 bridgehead atoms. The maximum Gasteiger partial charge on any atom is 0.0886 e. The summed E-state index contributed by atoms with van der Waals surface area (Å²) in [6.07, 6.45) is 0. The van der Waals surface area contributed by atoms with E-state index in [1.807, 2.05) is 37.3 Å². The monoisotopic (exact) mass is 439 g/mol. The molecule has 3 aromatic heterocycles. The Morgan fingerprint density at radius 1 is 0.645 bits per heavy atom. The van der Waals surface area contributed by atoms with Crippen molar-refractivity contribution in [1.82, 2.24) is 4.57 Å². The Labute approximate surface area is 190 Å². The molecule has 152 valence electrons. The lowest BCUT2D eigenvalue weighted by atomic mass is 10.1. The number of hydrogen-bond donors (Lipinski definition) is 0. The Bertz CT molecular complexity index is 1290. The first kappa shape index (κ1) is 19.7. The smallest absolute Gasteiger partial charge is 0.0886 e. The molecule has 0 amide bonds.